The van der Waals surface area contributed by atoms with Gasteiger partial charge in [-0.3, -0.25) is 0 Å². The molecule has 4 heteroatoms. The molecule has 3 nitrogen and oxygen atoms in total. The fourth-order valence-corrected chi connectivity index (χ4v) is 2.92. The molecule has 1 aliphatic heterocycles. The number of likely N-dealkylation sites (tertiary alicyclic amines) is 1. The molecule has 0 radical (unpaired) electrons. The molecule has 2 rings (SSSR count). The summed E-state index contributed by atoms with van der Waals surface area (Å²) in [4.78, 5) is 7.85. The Morgan fingerprint density at radius 1 is 1.25 bits per heavy atom. The number of hydrogen-bond donors (Lipinski definition) is 1. The first-order valence-electron chi connectivity index (χ1n) is 6.15. The Labute approximate surface area is 101 Å². The first-order valence-corrected chi connectivity index (χ1v) is 6.97. The zero-order valence-electron chi connectivity index (χ0n) is 9.69. The van der Waals surface area contributed by atoms with Crippen LogP contribution in [0.2, 0.25) is 0 Å². The van der Waals surface area contributed by atoms with Gasteiger partial charge in [0.05, 0.1) is 16.5 Å². The van der Waals surface area contributed by atoms with E-state index in [1.54, 1.807) is 17.5 Å². The van der Waals surface area contributed by atoms with Crippen LogP contribution in [0, 0.1) is 0 Å². The van der Waals surface area contributed by atoms with Crippen LogP contribution < -0.4 is 0 Å². The molecule has 1 aromatic heterocycles. The maximum atomic E-state index is 8.97. The standard InChI is InChI=1S/C12H20N2OS/c15-10-11-9-13-12(16-11)5-8-14-6-3-1-2-4-7-14/h9,15H,1-8,10H2. The van der Waals surface area contributed by atoms with Crippen molar-refractivity contribution in [1.82, 2.24) is 9.88 Å². The molecular formula is C12H20N2OS. The van der Waals surface area contributed by atoms with Crippen LogP contribution in [-0.2, 0) is 13.0 Å². The molecule has 0 bridgehead atoms. The maximum Gasteiger partial charge on any atom is 0.0941 e. The van der Waals surface area contributed by atoms with Crippen LogP contribution in [0.4, 0.5) is 0 Å². The lowest BCUT2D eigenvalue weighted by atomic mass is 10.2. The van der Waals surface area contributed by atoms with Gasteiger partial charge in [-0.05, 0) is 25.9 Å². The molecule has 0 atom stereocenters. The van der Waals surface area contributed by atoms with Crippen LogP contribution in [-0.4, -0.2) is 34.6 Å². The Bertz CT molecular complexity index is 306. The lowest BCUT2D eigenvalue weighted by Gasteiger charge is -2.18. The monoisotopic (exact) mass is 240 g/mol. The highest BCUT2D eigenvalue weighted by Crippen LogP contribution is 2.15. The number of aliphatic hydroxyl groups is 1. The van der Waals surface area contributed by atoms with Crippen LogP contribution in [0.25, 0.3) is 0 Å². The van der Waals surface area contributed by atoms with Crippen molar-refractivity contribution < 1.29 is 5.11 Å². The van der Waals surface area contributed by atoms with Gasteiger partial charge in [0.1, 0.15) is 0 Å². The van der Waals surface area contributed by atoms with Crippen molar-refractivity contribution in [2.75, 3.05) is 19.6 Å². The minimum absolute atomic E-state index is 0.126. The summed E-state index contributed by atoms with van der Waals surface area (Å²) in [7, 11) is 0. The SMILES string of the molecule is OCc1cnc(CCN2CCCCCC2)s1. The van der Waals surface area contributed by atoms with Gasteiger partial charge in [0.2, 0.25) is 0 Å². The molecule has 1 saturated heterocycles. The van der Waals surface area contributed by atoms with Gasteiger partial charge in [-0.2, -0.15) is 0 Å². The number of thiazole rings is 1. The predicted molar refractivity (Wildman–Crippen MR) is 66.6 cm³/mol. The van der Waals surface area contributed by atoms with Crippen molar-refractivity contribution in [3.63, 3.8) is 0 Å². The first kappa shape index (κ1) is 12.0. The number of aromatic nitrogens is 1. The lowest BCUT2D eigenvalue weighted by Crippen LogP contribution is -2.26. The summed E-state index contributed by atoms with van der Waals surface area (Å²) in [6, 6.07) is 0. The average molecular weight is 240 g/mol. The van der Waals surface area contributed by atoms with Crippen LogP contribution in [0.5, 0.6) is 0 Å². The van der Waals surface area contributed by atoms with Crippen molar-refractivity contribution in [1.29, 1.82) is 0 Å². The van der Waals surface area contributed by atoms with Gasteiger partial charge in [-0.25, -0.2) is 4.98 Å². The van der Waals surface area contributed by atoms with E-state index in [1.807, 2.05) is 0 Å². The Kier molecular flexibility index (Phi) is 4.75. The van der Waals surface area contributed by atoms with Gasteiger partial charge in [0.15, 0.2) is 0 Å². The van der Waals surface area contributed by atoms with E-state index in [9.17, 15) is 0 Å². The van der Waals surface area contributed by atoms with Crippen molar-refractivity contribution in [3.05, 3.63) is 16.1 Å². The van der Waals surface area contributed by atoms with Crippen LogP contribution in [0.3, 0.4) is 0 Å². The van der Waals surface area contributed by atoms with E-state index in [0.717, 1.165) is 22.9 Å². The third kappa shape index (κ3) is 3.54. The fourth-order valence-electron chi connectivity index (χ4n) is 2.15. The lowest BCUT2D eigenvalue weighted by molar-refractivity contribution is 0.285. The first-order chi connectivity index (χ1) is 7.88. The fraction of sp³-hybridized carbons (Fsp3) is 0.750. The van der Waals surface area contributed by atoms with Crippen molar-refractivity contribution in [3.8, 4) is 0 Å². The van der Waals surface area contributed by atoms with Gasteiger partial charge in [-0.1, -0.05) is 12.8 Å². The van der Waals surface area contributed by atoms with Gasteiger partial charge in [0, 0.05) is 19.2 Å². The molecule has 1 fully saturated rings. The maximum absolute atomic E-state index is 8.97. The minimum atomic E-state index is 0.126. The second-order valence-corrected chi connectivity index (χ2v) is 5.58. The molecule has 1 aliphatic rings. The number of nitrogens with zero attached hydrogens (tertiary/aromatic N) is 2. The Morgan fingerprint density at radius 3 is 2.62 bits per heavy atom. The minimum Gasteiger partial charge on any atom is -0.391 e. The Hall–Kier alpha value is -0.450. The highest BCUT2D eigenvalue weighted by molar-refractivity contribution is 7.11. The molecule has 1 aromatic rings. The highest BCUT2D eigenvalue weighted by atomic mass is 32.1. The summed E-state index contributed by atoms with van der Waals surface area (Å²) in [5.74, 6) is 0. The third-order valence-corrected chi connectivity index (χ3v) is 4.14. The second-order valence-electron chi connectivity index (χ2n) is 4.38. The largest absolute Gasteiger partial charge is 0.391 e. The Balaban J connectivity index is 1.77. The van der Waals surface area contributed by atoms with E-state index in [2.05, 4.69) is 9.88 Å². The second kappa shape index (κ2) is 6.33. The van der Waals surface area contributed by atoms with Gasteiger partial charge < -0.3 is 10.0 Å². The summed E-state index contributed by atoms with van der Waals surface area (Å²) in [6.45, 7) is 3.75. The van der Waals surface area contributed by atoms with E-state index >= 15 is 0 Å². The van der Waals surface area contributed by atoms with Crippen LogP contribution in [0.15, 0.2) is 6.20 Å². The Morgan fingerprint density at radius 2 is 2.00 bits per heavy atom. The highest BCUT2D eigenvalue weighted by Gasteiger charge is 2.09. The molecule has 0 aromatic carbocycles. The summed E-state index contributed by atoms with van der Waals surface area (Å²) >= 11 is 1.64. The van der Waals surface area contributed by atoms with Crippen molar-refractivity contribution >= 4 is 11.3 Å². The third-order valence-electron chi connectivity index (χ3n) is 3.10. The molecule has 2 heterocycles. The van der Waals surface area contributed by atoms with E-state index < -0.39 is 0 Å². The molecule has 0 amide bonds. The van der Waals surface area contributed by atoms with E-state index in [1.165, 1.54) is 38.8 Å². The van der Waals surface area contributed by atoms with Crippen LogP contribution in [0.1, 0.15) is 35.6 Å². The number of rotatable bonds is 4. The van der Waals surface area contributed by atoms with Gasteiger partial charge in [-0.15, -0.1) is 11.3 Å². The van der Waals surface area contributed by atoms with E-state index in [0.29, 0.717) is 0 Å². The van der Waals surface area contributed by atoms with Crippen LogP contribution >= 0.6 is 11.3 Å². The normalized spacial score (nSPS) is 18.6. The van der Waals surface area contributed by atoms with E-state index in [4.69, 9.17) is 5.11 Å². The van der Waals surface area contributed by atoms with E-state index in [-0.39, 0.29) is 6.61 Å². The molecule has 1 N–H and O–H groups in total. The molecule has 16 heavy (non-hydrogen) atoms. The molecule has 90 valence electrons. The van der Waals surface area contributed by atoms with Crippen molar-refractivity contribution in [2.45, 2.75) is 38.7 Å². The topological polar surface area (TPSA) is 36.4 Å². The molecule has 0 saturated carbocycles. The van der Waals surface area contributed by atoms with Gasteiger partial charge in [0.25, 0.3) is 0 Å². The number of hydrogen-bond acceptors (Lipinski definition) is 4. The summed E-state index contributed by atoms with van der Waals surface area (Å²) in [5, 5.41) is 10.1. The molecule has 0 aliphatic carbocycles. The smallest absolute Gasteiger partial charge is 0.0941 e. The molecule has 0 unspecified atom stereocenters. The van der Waals surface area contributed by atoms with Gasteiger partial charge >= 0.3 is 0 Å². The number of aliphatic hydroxyl groups excluding tert-OH is 1. The zero-order chi connectivity index (χ0) is 11.2. The molecule has 0 spiro atoms. The predicted octanol–water partition coefficient (Wildman–Crippen LogP) is 2.05. The van der Waals surface area contributed by atoms with Crippen molar-refractivity contribution in [2.24, 2.45) is 0 Å². The average Bonchev–Trinajstić information content (AvgIpc) is 2.61. The molecular weight excluding hydrogens is 220 g/mol. The zero-order valence-corrected chi connectivity index (χ0v) is 10.5. The summed E-state index contributed by atoms with van der Waals surface area (Å²) in [5.41, 5.74) is 0. The quantitative estimate of drug-likeness (QED) is 0.875. The summed E-state index contributed by atoms with van der Waals surface area (Å²) in [6.07, 6.45) is 8.30. The summed E-state index contributed by atoms with van der Waals surface area (Å²) < 4.78 is 0.